The summed E-state index contributed by atoms with van der Waals surface area (Å²) in [5, 5.41) is 12.3. The zero-order chi connectivity index (χ0) is 43.4. The lowest BCUT2D eigenvalue weighted by Crippen LogP contribution is -2.12. The van der Waals surface area contributed by atoms with Crippen LogP contribution < -0.4 is 0 Å². The second-order valence-electron chi connectivity index (χ2n) is 19.5. The first-order valence-corrected chi connectivity index (χ1v) is 21.8. The fourth-order valence-corrected chi connectivity index (χ4v) is 8.31. The van der Waals surface area contributed by atoms with Gasteiger partial charge in [0.15, 0.2) is 0 Å². The van der Waals surface area contributed by atoms with E-state index in [1.807, 2.05) is 6.20 Å². The molecular weight excluding hydrogens is 743 g/mol. The number of aromatic hydroxyl groups is 1. The maximum absolute atomic E-state index is 12.3. The Morgan fingerprint density at radius 2 is 1.25 bits per heavy atom. The number of aryl methyl sites for hydroxylation is 1. The van der Waals surface area contributed by atoms with Gasteiger partial charge in [0, 0.05) is 22.9 Å². The quantitative estimate of drug-likeness (QED) is 0.166. The van der Waals surface area contributed by atoms with Crippen LogP contribution >= 0.6 is 0 Å². The highest BCUT2D eigenvalue weighted by molar-refractivity contribution is 5.98. The SMILES string of the molecule is Cc1ccc(-c2ccnc(-c3cc(-c4cccc5c4nc(-c4cc(C(C)C)cc(C(C)C)c4O)n5-c4ccc(C(C)(C)C)cc4-c4ccccc4)cc(C(C)(C)C)c3)c2)cc1. The molecule has 0 atom stereocenters. The predicted molar refractivity (Wildman–Crippen MR) is 258 cm³/mol. The van der Waals surface area contributed by atoms with Gasteiger partial charge in [-0.2, -0.15) is 0 Å². The summed E-state index contributed by atoms with van der Waals surface area (Å²) < 4.78 is 2.29. The van der Waals surface area contributed by atoms with E-state index >= 15 is 0 Å². The van der Waals surface area contributed by atoms with Crippen LogP contribution in [-0.4, -0.2) is 19.6 Å². The maximum atomic E-state index is 12.3. The summed E-state index contributed by atoms with van der Waals surface area (Å²) in [5.74, 6) is 1.37. The van der Waals surface area contributed by atoms with Gasteiger partial charge in [0.25, 0.3) is 0 Å². The number of phenols is 1. The van der Waals surface area contributed by atoms with Crippen LogP contribution in [0.5, 0.6) is 5.75 Å². The van der Waals surface area contributed by atoms with Crippen molar-refractivity contribution in [3.63, 3.8) is 0 Å². The third kappa shape index (κ3) is 8.16. The highest BCUT2D eigenvalue weighted by Gasteiger charge is 2.27. The Labute approximate surface area is 363 Å². The number of para-hydroxylation sites is 1. The zero-order valence-electron chi connectivity index (χ0n) is 37.7. The third-order valence-electron chi connectivity index (χ3n) is 12.1. The number of phenolic OH excluding ortho intramolecular Hbond substituents is 1. The minimum Gasteiger partial charge on any atom is -0.507 e. The van der Waals surface area contributed by atoms with Crippen LogP contribution in [0.3, 0.4) is 0 Å². The normalized spacial score (nSPS) is 12.2. The van der Waals surface area contributed by atoms with Gasteiger partial charge in [0.05, 0.1) is 28.0 Å². The van der Waals surface area contributed by atoms with Gasteiger partial charge < -0.3 is 5.11 Å². The van der Waals surface area contributed by atoms with E-state index in [1.54, 1.807) is 0 Å². The fourth-order valence-electron chi connectivity index (χ4n) is 8.31. The van der Waals surface area contributed by atoms with E-state index in [0.29, 0.717) is 5.82 Å². The molecule has 308 valence electrons. The Morgan fingerprint density at radius 1 is 0.541 bits per heavy atom. The predicted octanol–water partition coefficient (Wildman–Crippen LogP) is 15.6. The molecule has 4 heteroatoms. The fraction of sp³-hybridized carbons (Fsp3) is 0.263. The molecule has 8 rings (SSSR count). The standard InChI is InChI=1S/C57H59N3O/c1-35(2)41-31-47(36(3)4)54(61)49(32-41)55-59-53-46(18-15-19-52(53)60(55)51-25-24-44(56(6,7)8)34-48(51)39-16-13-12-14-17-39)42-28-43(30-45(29-42)57(9,10)11)50-33-40(26-27-58-50)38-22-20-37(5)21-23-38/h12-36,61H,1-11H3. The number of hydrogen-bond donors (Lipinski definition) is 1. The number of pyridine rings is 1. The van der Waals surface area contributed by atoms with Gasteiger partial charge in [-0.3, -0.25) is 9.55 Å². The van der Waals surface area contributed by atoms with Crippen molar-refractivity contribution < 1.29 is 5.11 Å². The number of fused-ring (bicyclic) bond motifs is 1. The summed E-state index contributed by atoms with van der Waals surface area (Å²) in [7, 11) is 0. The van der Waals surface area contributed by atoms with Crippen molar-refractivity contribution in [1.29, 1.82) is 0 Å². The number of benzene rings is 6. The lowest BCUT2D eigenvalue weighted by molar-refractivity contribution is 0.466. The minimum atomic E-state index is -0.131. The van der Waals surface area contributed by atoms with Crippen molar-refractivity contribution >= 4 is 11.0 Å². The van der Waals surface area contributed by atoms with E-state index in [1.165, 1.54) is 27.8 Å². The van der Waals surface area contributed by atoms with Gasteiger partial charge in [0.1, 0.15) is 11.6 Å². The summed E-state index contributed by atoms with van der Waals surface area (Å²) in [4.78, 5) is 10.6. The molecule has 1 N–H and O–H groups in total. The molecule has 0 amide bonds. The lowest BCUT2D eigenvalue weighted by Gasteiger charge is -2.23. The third-order valence-corrected chi connectivity index (χ3v) is 12.1. The van der Waals surface area contributed by atoms with Crippen LogP contribution in [0, 0.1) is 6.92 Å². The molecule has 0 radical (unpaired) electrons. The Kier molecular flexibility index (Phi) is 10.9. The number of imidazole rings is 1. The van der Waals surface area contributed by atoms with Crippen molar-refractivity contribution in [2.24, 2.45) is 0 Å². The van der Waals surface area contributed by atoms with Crippen LogP contribution in [0.15, 0.2) is 140 Å². The van der Waals surface area contributed by atoms with Crippen LogP contribution in [0.4, 0.5) is 0 Å². The Bertz CT molecular complexity index is 2880. The Balaban J connectivity index is 1.44. The molecule has 0 fully saturated rings. The van der Waals surface area contributed by atoms with E-state index < -0.39 is 0 Å². The van der Waals surface area contributed by atoms with Gasteiger partial charge in [0.2, 0.25) is 0 Å². The molecule has 0 saturated carbocycles. The first kappa shape index (κ1) is 41.5. The molecule has 8 aromatic rings. The molecule has 61 heavy (non-hydrogen) atoms. The largest absolute Gasteiger partial charge is 0.507 e. The van der Waals surface area contributed by atoms with Gasteiger partial charge in [-0.25, -0.2) is 4.98 Å². The van der Waals surface area contributed by atoms with Crippen LogP contribution in [0.25, 0.3) is 72.7 Å². The molecule has 2 aromatic heterocycles. The summed E-state index contributed by atoms with van der Waals surface area (Å²) in [5.41, 5.74) is 17.8. The van der Waals surface area contributed by atoms with Crippen molar-refractivity contribution in [3.8, 4) is 67.5 Å². The molecular formula is C57H59N3O. The summed E-state index contributed by atoms with van der Waals surface area (Å²) >= 11 is 0. The Hall–Kier alpha value is -6.26. The van der Waals surface area contributed by atoms with Crippen molar-refractivity contribution in [2.75, 3.05) is 0 Å². The first-order valence-electron chi connectivity index (χ1n) is 21.8. The van der Waals surface area contributed by atoms with E-state index in [-0.39, 0.29) is 28.4 Å². The molecule has 0 bridgehead atoms. The molecule has 2 heterocycles. The summed E-state index contributed by atoms with van der Waals surface area (Å²) in [6.07, 6.45) is 1.92. The summed E-state index contributed by atoms with van der Waals surface area (Å²) in [6.45, 7) is 24.4. The average molecular weight is 802 g/mol. The second-order valence-corrected chi connectivity index (χ2v) is 19.5. The van der Waals surface area contributed by atoms with E-state index in [0.717, 1.165) is 66.9 Å². The number of nitrogens with zero attached hydrogens (tertiary/aromatic N) is 3. The van der Waals surface area contributed by atoms with Crippen molar-refractivity contribution in [3.05, 3.63) is 167 Å². The first-order chi connectivity index (χ1) is 29.0. The second kappa shape index (κ2) is 16.0. The molecule has 0 unspecified atom stereocenters. The molecule has 0 aliphatic rings. The van der Waals surface area contributed by atoms with Gasteiger partial charge in [-0.05, 0) is 123 Å². The maximum Gasteiger partial charge on any atom is 0.149 e. The number of rotatable bonds is 8. The molecule has 0 aliphatic heterocycles. The highest BCUT2D eigenvalue weighted by Crippen LogP contribution is 2.45. The van der Waals surface area contributed by atoms with Crippen LogP contribution in [0.1, 0.15) is 109 Å². The van der Waals surface area contributed by atoms with E-state index in [9.17, 15) is 5.11 Å². The van der Waals surface area contributed by atoms with E-state index in [2.05, 4.69) is 214 Å². The van der Waals surface area contributed by atoms with Crippen LogP contribution in [0.2, 0.25) is 0 Å². The Morgan fingerprint density at radius 3 is 1.92 bits per heavy atom. The van der Waals surface area contributed by atoms with Gasteiger partial charge in [-0.15, -0.1) is 0 Å². The van der Waals surface area contributed by atoms with E-state index in [4.69, 9.17) is 9.97 Å². The average Bonchev–Trinajstić information content (AvgIpc) is 3.62. The van der Waals surface area contributed by atoms with Gasteiger partial charge in [-0.1, -0.05) is 160 Å². The smallest absolute Gasteiger partial charge is 0.149 e. The molecule has 0 aliphatic carbocycles. The van der Waals surface area contributed by atoms with Gasteiger partial charge >= 0.3 is 0 Å². The minimum absolute atomic E-state index is 0.0601. The topological polar surface area (TPSA) is 50.9 Å². The summed E-state index contributed by atoms with van der Waals surface area (Å²) in [6, 6.07) is 48.2. The zero-order valence-corrected chi connectivity index (χ0v) is 37.7. The number of hydrogen-bond acceptors (Lipinski definition) is 3. The molecule has 4 nitrogen and oxygen atoms in total. The lowest BCUT2D eigenvalue weighted by atomic mass is 9.83. The van der Waals surface area contributed by atoms with Crippen molar-refractivity contribution in [2.45, 2.75) is 98.8 Å². The van der Waals surface area contributed by atoms with Crippen LogP contribution in [-0.2, 0) is 10.8 Å². The number of aromatic nitrogens is 3. The monoisotopic (exact) mass is 801 g/mol. The molecule has 6 aromatic carbocycles. The molecule has 0 spiro atoms. The highest BCUT2D eigenvalue weighted by atomic mass is 16.3. The van der Waals surface area contributed by atoms with Crippen molar-refractivity contribution in [1.82, 2.24) is 14.5 Å². The molecule has 0 saturated heterocycles.